The highest BCUT2D eigenvalue weighted by molar-refractivity contribution is 7.91. The number of carboxylic acid groups (broad SMARTS) is 1. The molecule has 0 amide bonds. The predicted molar refractivity (Wildman–Crippen MR) is 73.0 cm³/mol. The van der Waals surface area contributed by atoms with E-state index in [1.165, 1.54) is 12.1 Å². The van der Waals surface area contributed by atoms with Crippen molar-refractivity contribution in [3.8, 4) is 0 Å². The third kappa shape index (κ3) is 2.23. The minimum atomic E-state index is -3.45. The van der Waals surface area contributed by atoms with Crippen molar-refractivity contribution in [2.75, 3.05) is 5.75 Å². The van der Waals surface area contributed by atoms with E-state index in [2.05, 4.69) is 0 Å². The normalized spacial score (nSPS) is 26.0. The Morgan fingerprint density at radius 3 is 2.45 bits per heavy atom. The van der Waals surface area contributed by atoms with Crippen LogP contribution in [0.15, 0.2) is 29.2 Å². The van der Waals surface area contributed by atoms with Crippen LogP contribution in [0.3, 0.4) is 0 Å². The van der Waals surface area contributed by atoms with Crippen LogP contribution in [0.5, 0.6) is 0 Å². The number of benzene rings is 1. The minimum Gasteiger partial charge on any atom is -0.481 e. The van der Waals surface area contributed by atoms with Crippen molar-refractivity contribution in [3.63, 3.8) is 0 Å². The summed E-state index contributed by atoms with van der Waals surface area (Å²) >= 11 is 0. The van der Waals surface area contributed by atoms with E-state index < -0.39 is 27.3 Å². The number of hydrogen-bond donors (Lipinski definition) is 2. The van der Waals surface area contributed by atoms with Crippen molar-refractivity contribution >= 4 is 15.8 Å². The first-order chi connectivity index (χ1) is 9.20. The molecule has 0 saturated carbocycles. The lowest BCUT2D eigenvalue weighted by Crippen LogP contribution is -2.47. The molecule has 0 aliphatic carbocycles. The van der Waals surface area contributed by atoms with Crippen molar-refractivity contribution in [2.24, 2.45) is 11.8 Å². The van der Waals surface area contributed by atoms with E-state index in [0.29, 0.717) is 0 Å². The molecule has 5 nitrogen and oxygen atoms in total. The van der Waals surface area contributed by atoms with Gasteiger partial charge in [0.1, 0.15) is 5.60 Å². The van der Waals surface area contributed by atoms with Gasteiger partial charge in [-0.05, 0) is 18.4 Å². The third-order valence-corrected chi connectivity index (χ3v) is 5.66. The summed E-state index contributed by atoms with van der Waals surface area (Å²) in [6, 6.07) is 6.12. The average molecular weight is 298 g/mol. The zero-order valence-corrected chi connectivity index (χ0v) is 12.2. The molecule has 1 heterocycles. The van der Waals surface area contributed by atoms with Crippen LogP contribution in [0.2, 0.25) is 0 Å². The maximum atomic E-state index is 12.1. The zero-order valence-electron chi connectivity index (χ0n) is 11.4. The van der Waals surface area contributed by atoms with E-state index in [1.807, 2.05) is 0 Å². The summed E-state index contributed by atoms with van der Waals surface area (Å²) in [6.45, 7) is 3.42. The zero-order chi connectivity index (χ0) is 15.1. The number of hydrogen-bond acceptors (Lipinski definition) is 4. The van der Waals surface area contributed by atoms with Crippen molar-refractivity contribution in [2.45, 2.75) is 30.8 Å². The molecule has 1 aromatic rings. The van der Waals surface area contributed by atoms with E-state index in [0.717, 1.165) is 0 Å². The lowest BCUT2D eigenvalue weighted by atomic mass is 9.73. The summed E-state index contributed by atoms with van der Waals surface area (Å²) in [6.07, 6.45) is -0.0957. The van der Waals surface area contributed by atoms with Crippen molar-refractivity contribution in [3.05, 3.63) is 29.8 Å². The Morgan fingerprint density at radius 2 is 1.90 bits per heavy atom. The van der Waals surface area contributed by atoms with Gasteiger partial charge in [-0.15, -0.1) is 0 Å². The molecule has 0 saturated heterocycles. The van der Waals surface area contributed by atoms with Gasteiger partial charge in [-0.2, -0.15) is 0 Å². The first kappa shape index (κ1) is 15.0. The molecule has 0 radical (unpaired) electrons. The van der Waals surface area contributed by atoms with Gasteiger partial charge in [-0.25, -0.2) is 8.42 Å². The molecule has 110 valence electrons. The van der Waals surface area contributed by atoms with E-state index in [9.17, 15) is 23.4 Å². The third-order valence-electron chi connectivity index (χ3n) is 3.89. The number of sulfone groups is 1. The second-order valence-corrected chi connectivity index (χ2v) is 7.63. The molecule has 0 aromatic heterocycles. The topological polar surface area (TPSA) is 91.7 Å². The Morgan fingerprint density at radius 1 is 1.30 bits per heavy atom. The second kappa shape index (κ2) is 4.86. The number of carbonyl (C=O) groups is 1. The molecule has 0 spiro atoms. The van der Waals surface area contributed by atoms with E-state index >= 15 is 0 Å². The smallest absolute Gasteiger partial charge is 0.310 e. The quantitative estimate of drug-likeness (QED) is 0.880. The number of aliphatic carboxylic acids is 1. The Hall–Kier alpha value is -1.40. The van der Waals surface area contributed by atoms with Gasteiger partial charge in [0.15, 0.2) is 9.84 Å². The summed E-state index contributed by atoms with van der Waals surface area (Å²) in [5.74, 6) is -2.71. The highest BCUT2D eigenvalue weighted by Crippen LogP contribution is 2.44. The van der Waals surface area contributed by atoms with Crippen molar-refractivity contribution in [1.29, 1.82) is 0 Å². The number of aliphatic hydroxyl groups is 1. The largest absolute Gasteiger partial charge is 0.481 e. The van der Waals surface area contributed by atoms with Crippen LogP contribution in [0, 0.1) is 11.8 Å². The van der Waals surface area contributed by atoms with Crippen LogP contribution in [-0.4, -0.2) is 30.4 Å². The molecule has 1 aliphatic heterocycles. The van der Waals surface area contributed by atoms with Gasteiger partial charge in [0.05, 0.1) is 16.6 Å². The molecule has 2 rings (SSSR count). The lowest BCUT2D eigenvalue weighted by Gasteiger charge is -2.40. The molecule has 0 fully saturated rings. The van der Waals surface area contributed by atoms with Crippen LogP contribution < -0.4 is 0 Å². The summed E-state index contributed by atoms with van der Waals surface area (Å²) in [7, 11) is -3.45. The summed E-state index contributed by atoms with van der Waals surface area (Å²) < 4.78 is 24.1. The fourth-order valence-electron chi connectivity index (χ4n) is 2.99. The fraction of sp³-hybridized carbons (Fsp3) is 0.500. The molecule has 1 aromatic carbocycles. The van der Waals surface area contributed by atoms with Gasteiger partial charge in [-0.1, -0.05) is 32.0 Å². The first-order valence-corrected chi connectivity index (χ1v) is 8.13. The molecule has 1 aliphatic rings. The van der Waals surface area contributed by atoms with E-state index in [1.54, 1.807) is 26.0 Å². The highest BCUT2D eigenvalue weighted by Gasteiger charge is 2.50. The SMILES string of the molecule is CC(C)C(C(=O)O)C1(O)CCS(=O)(=O)c2ccccc21. The standard InChI is InChI=1S/C14H18O5S/c1-9(2)12(13(15)16)14(17)7-8-20(18,19)11-6-4-3-5-10(11)14/h3-6,9,12,17H,7-8H2,1-2H3,(H,15,16). The Balaban J connectivity index is 2.67. The lowest BCUT2D eigenvalue weighted by molar-refractivity contribution is -0.157. The molecule has 2 unspecified atom stereocenters. The van der Waals surface area contributed by atoms with Crippen molar-refractivity contribution < 1.29 is 23.4 Å². The van der Waals surface area contributed by atoms with Gasteiger partial charge in [0, 0.05) is 5.56 Å². The monoisotopic (exact) mass is 298 g/mol. The van der Waals surface area contributed by atoms with Crippen LogP contribution in [0.4, 0.5) is 0 Å². The second-order valence-electron chi connectivity index (χ2n) is 5.55. The summed E-state index contributed by atoms with van der Waals surface area (Å²) in [5, 5.41) is 20.3. The maximum Gasteiger partial charge on any atom is 0.310 e. The average Bonchev–Trinajstić information content (AvgIpc) is 2.34. The highest BCUT2D eigenvalue weighted by atomic mass is 32.2. The van der Waals surface area contributed by atoms with E-state index in [4.69, 9.17) is 0 Å². The molecule has 6 heteroatoms. The molecule has 20 heavy (non-hydrogen) atoms. The fourth-order valence-corrected chi connectivity index (χ4v) is 4.66. The molecule has 2 N–H and O–H groups in total. The van der Waals surface area contributed by atoms with Crippen LogP contribution in [-0.2, 0) is 20.2 Å². The van der Waals surface area contributed by atoms with Gasteiger partial charge >= 0.3 is 5.97 Å². The first-order valence-electron chi connectivity index (χ1n) is 6.47. The summed E-state index contributed by atoms with van der Waals surface area (Å²) in [5.41, 5.74) is -1.45. The number of rotatable bonds is 3. The Bertz CT molecular complexity index is 635. The predicted octanol–water partition coefficient (Wildman–Crippen LogP) is 1.41. The van der Waals surface area contributed by atoms with Gasteiger partial charge in [0.25, 0.3) is 0 Å². The number of carboxylic acids is 1. The van der Waals surface area contributed by atoms with Crippen LogP contribution >= 0.6 is 0 Å². The molecule has 2 atom stereocenters. The Kier molecular flexibility index (Phi) is 3.64. The number of fused-ring (bicyclic) bond motifs is 1. The van der Waals surface area contributed by atoms with E-state index in [-0.39, 0.29) is 28.6 Å². The van der Waals surface area contributed by atoms with Crippen molar-refractivity contribution in [1.82, 2.24) is 0 Å². The minimum absolute atomic E-state index is 0.0423. The maximum absolute atomic E-state index is 12.1. The van der Waals surface area contributed by atoms with Crippen LogP contribution in [0.1, 0.15) is 25.8 Å². The Labute approximate surface area is 118 Å². The van der Waals surface area contributed by atoms with Gasteiger partial charge in [-0.3, -0.25) is 4.79 Å². The van der Waals surface area contributed by atoms with Gasteiger partial charge < -0.3 is 10.2 Å². The molecular weight excluding hydrogens is 280 g/mol. The van der Waals surface area contributed by atoms with Gasteiger partial charge in [0.2, 0.25) is 0 Å². The molecule has 0 bridgehead atoms. The summed E-state index contributed by atoms with van der Waals surface area (Å²) in [4.78, 5) is 11.5. The van der Waals surface area contributed by atoms with Crippen LogP contribution in [0.25, 0.3) is 0 Å². The molecular formula is C14H18O5S.